The second kappa shape index (κ2) is 24.6. The molecule has 11 aromatic carbocycles. The molecule has 4 heterocycles. The monoisotopic (exact) mass is 1410 g/mol. The molecule has 0 radical (unpaired) electrons. The highest BCUT2D eigenvalue weighted by Gasteiger charge is 2.45. The first kappa shape index (κ1) is 73.2. The Morgan fingerprint density at radius 2 is 0.439 bits per heavy atom. The van der Waals surface area contributed by atoms with Gasteiger partial charge in [-0.3, -0.25) is 0 Å². The van der Waals surface area contributed by atoms with Crippen LogP contribution in [-0.4, -0.2) is 15.8 Å². The first-order chi connectivity index (χ1) is 49.7. The molecular weight excluding hydrogens is 1290 g/mol. The molecular formula is C102H115BN4. The van der Waals surface area contributed by atoms with Gasteiger partial charge in [0, 0.05) is 67.0 Å². The van der Waals surface area contributed by atoms with E-state index in [1.807, 2.05) is 0 Å². The molecule has 15 rings (SSSR count). The maximum Gasteiger partial charge on any atom is 0.252 e. The van der Waals surface area contributed by atoms with Gasteiger partial charge in [-0.25, -0.2) is 0 Å². The smallest absolute Gasteiger partial charge is 0.252 e. The Balaban J connectivity index is 1.03. The zero-order valence-corrected chi connectivity index (χ0v) is 69.5. The maximum atomic E-state index is 2.65. The third-order valence-electron chi connectivity index (χ3n) is 23.7. The molecule has 0 atom stereocenters. The molecule has 0 amide bonds. The van der Waals surface area contributed by atoms with Crippen molar-refractivity contribution in [2.24, 2.45) is 0 Å². The number of anilines is 6. The Morgan fingerprint density at radius 1 is 0.196 bits per heavy atom. The molecule has 2 aromatic heterocycles. The van der Waals surface area contributed by atoms with Crippen molar-refractivity contribution in [3.63, 3.8) is 0 Å². The Morgan fingerprint density at radius 3 is 0.692 bits per heavy atom. The summed E-state index contributed by atoms with van der Waals surface area (Å²) in [5.74, 6) is 0. The van der Waals surface area contributed by atoms with Crippen molar-refractivity contribution in [1.82, 2.24) is 9.13 Å². The summed E-state index contributed by atoms with van der Waals surface area (Å²) in [4.78, 5) is 5.29. The first-order valence-electron chi connectivity index (χ1n) is 39.5. The van der Waals surface area contributed by atoms with Gasteiger partial charge >= 0.3 is 0 Å². The second-order valence-corrected chi connectivity index (χ2v) is 41.1. The molecule has 0 bridgehead atoms. The molecule has 4 nitrogen and oxygen atoms in total. The van der Waals surface area contributed by atoms with E-state index in [-0.39, 0.29) is 55.4 Å². The van der Waals surface area contributed by atoms with E-state index in [0.717, 1.165) is 22.7 Å². The molecule has 5 heteroatoms. The summed E-state index contributed by atoms with van der Waals surface area (Å²) >= 11 is 0. The predicted octanol–water partition coefficient (Wildman–Crippen LogP) is 27.0. The molecule has 2 aliphatic rings. The molecule has 0 fully saturated rings. The first-order valence-corrected chi connectivity index (χ1v) is 39.5. The van der Waals surface area contributed by atoms with Crippen molar-refractivity contribution in [2.75, 3.05) is 9.80 Å². The van der Waals surface area contributed by atoms with Gasteiger partial charge in [0.05, 0.1) is 22.1 Å². The normalized spacial score (nSPS) is 14.1. The minimum Gasteiger partial charge on any atom is -0.311 e. The summed E-state index contributed by atoms with van der Waals surface area (Å²) < 4.78 is 5.12. The van der Waals surface area contributed by atoms with Crippen LogP contribution >= 0.6 is 0 Å². The lowest BCUT2D eigenvalue weighted by Gasteiger charge is -2.45. The molecule has 0 aliphatic carbocycles. The topological polar surface area (TPSA) is 16.3 Å². The Hall–Kier alpha value is -9.32. The quantitative estimate of drug-likeness (QED) is 0.154. The summed E-state index contributed by atoms with van der Waals surface area (Å²) in [5, 5.41) is 5.13. The highest BCUT2D eigenvalue weighted by atomic mass is 15.2. The summed E-state index contributed by atoms with van der Waals surface area (Å²) in [7, 11) is 0. The molecule has 0 N–H and O–H groups in total. The number of benzene rings is 11. The van der Waals surface area contributed by atoms with Crippen LogP contribution in [0.2, 0.25) is 0 Å². The van der Waals surface area contributed by atoms with Gasteiger partial charge in [-0.1, -0.05) is 284 Å². The van der Waals surface area contributed by atoms with E-state index in [2.05, 4.69) is 412 Å². The van der Waals surface area contributed by atoms with Crippen LogP contribution in [0.15, 0.2) is 206 Å². The minimum absolute atomic E-state index is 0.0265. The fourth-order valence-electron chi connectivity index (χ4n) is 16.6. The van der Waals surface area contributed by atoms with Gasteiger partial charge in [-0.2, -0.15) is 0 Å². The molecule has 0 spiro atoms. The van der Waals surface area contributed by atoms with Gasteiger partial charge in [0.2, 0.25) is 0 Å². The van der Waals surface area contributed by atoms with Crippen LogP contribution in [0.5, 0.6) is 0 Å². The fourth-order valence-corrected chi connectivity index (χ4v) is 16.6. The number of hydrogen-bond acceptors (Lipinski definition) is 2. The van der Waals surface area contributed by atoms with Crippen LogP contribution in [0.1, 0.15) is 237 Å². The van der Waals surface area contributed by atoms with Crippen LogP contribution in [0.3, 0.4) is 0 Å². The Labute approximate surface area is 641 Å². The number of fused-ring (bicyclic) bond motifs is 10. The number of nitrogens with zero attached hydrogens (tertiary/aromatic N) is 4. The third kappa shape index (κ3) is 13.0. The summed E-state index contributed by atoms with van der Waals surface area (Å²) in [6.07, 6.45) is 0. The van der Waals surface area contributed by atoms with Crippen LogP contribution < -0.4 is 26.2 Å². The lowest BCUT2D eigenvalue weighted by atomic mass is 9.33. The standard InChI is InChI=1S/C102H115BN4/c1-94(2,3)66-32-44-85-79(54-66)80-55-67(95(4,5)6)33-45-86(80)106(85)77-40-42-83-89(60-77)104(75-36-28-62(29-37-75)64-48-70(98(13,14)15)52-71(49-64)99(16,17)18)91-58-74(102(25,26)27)59-92-93(91)103(83)84-43-41-78(107-87-46-34-68(96(7,8)9)56-81(87)82-57-69(97(10,11)12)35-47-88(82)107)61-90(84)105(92)76-38-30-63(31-39-76)65-50-72(100(19,20)21)53-73(51-65)101(22,23)24/h28-61H,1-27H3. The molecule has 0 saturated heterocycles. The molecule has 13 aromatic rings. The number of aromatic nitrogens is 2. The molecule has 546 valence electrons. The van der Waals surface area contributed by atoms with Crippen molar-refractivity contribution >= 4 is 101 Å². The maximum absolute atomic E-state index is 2.65. The zero-order valence-electron chi connectivity index (χ0n) is 69.5. The van der Waals surface area contributed by atoms with Gasteiger partial charge < -0.3 is 18.9 Å². The summed E-state index contributed by atoms with van der Waals surface area (Å²) in [6.45, 7) is 63.2. The number of rotatable bonds is 6. The average Bonchev–Trinajstić information content (AvgIpc) is 0.801. The van der Waals surface area contributed by atoms with Gasteiger partial charge in [-0.05, 0) is 247 Å². The van der Waals surface area contributed by atoms with E-state index < -0.39 is 0 Å². The van der Waals surface area contributed by atoms with Gasteiger partial charge in [0.25, 0.3) is 6.71 Å². The summed E-state index contributed by atoms with van der Waals surface area (Å²) in [5.41, 5.74) is 34.4. The van der Waals surface area contributed by atoms with E-state index in [0.29, 0.717) is 0 Å². The second-order valence-electron chi connectivity index (χ2n) is 41.1. The third-order valence-corrected chi connectivity index (χ3v) is 23.7. The van der Waals surface area contributed by atoms with Crippen molar-refractivity contribution in [3.05, 3.63) is 256 Å². The summed E-state index contributed by atoms with van der Waals surface area (Å²) in [6, 6.07) is 82.9. The van der Waals surface area contributed by atoms with Gasteiger partial charge in [0.15, 0.2) is 0 Å². The highest BCUT2D eigenvalue weighted by Crippen LogP contribution is 2.50. The predicted molar refractivity (Wildman–Crippen MR) is 468 cm³/mol. The van der Waals surface area contributed by atoms with Gasteiger partial charge in [0.1, 0.15) is 0 Å². The van der Waals surface area contributed by atoms with Crippen LogP contribution in [-0.2, 0) is 48.7 Å². The van der Waals surface area contributed by atoms with Crippen LogP contribution in [0.25, 0.3) is 77.2 Å². The lowest BCUT2D eigenvalue weighted by Crippen LogP contribution is -2.61. The molecule has 2 aliphatic heterocycles. The van der Waals surface area contributed by atoms with Crippen molar-refractivity contribution in [2.45, 2.75) is 236 Å². The Bertz CT molecular complexity index is 5190. The zero-order chi connectivity index (χ0) is 76.9. The van der Waals surface area contributed by atoms with E-state index in [1.54, 1.807) is 0 Å². The van der Waals surface area contributed by atoms with Crippen molar-refractivity contribution < 1.29 is 0 Å². The Kier molecular flexibility index (Phi) is 16.8. The lowest BCUT2D eigenvalue weighted by molar-refractivity contribution is 0.568. The molecule has 0 saturated carbocycles. The number of hydrogen-bond donors (Lipinski definition) is 0. The van der Waals surface area contributed by atoms with Crippen molar-refractivity contribution in [3.8, 4) is 33.6 Å². The highest BCUT2D eigenvalue weighted by molar-refractivity contribution is 7.00. The van der Waals surface area contributed by atoms with E-state index in [1.165, 1.54) is 155 Å². The van der Waals surface area contributed by atoms with E-state index >= 15 is 0 Å². The van der Waals surface area contributed by atoms with Gasteiger partial charge in [-0.15, -0.1) is 0 Å². The van der Waals surface area contributed by atoms with Crippen molar-refractivity contribution in [1.29, 1.82) is 0 Å². The fraction of sp³-hybridized carbons (Fsp3) is 0.353. The van der Waals surface area contributed by atoms with E-state index in [9.17, 15) is 0 Å². The van der Waals surface area contributed by atoms with Crippen LogP contribution in [0, 0.1) is 0 Å². The van der Waals surface area contributed by atoms with Crippen LogP contribution in [0.4, 0.5) is 34.1 Å². The SMILES string of the molecule is CC(C)(C)c1cc(-c2ccc(N3c4cc(-n5c6ccc(C(C)(C)C)cc6c6cc(C(C)(C)C)ccc65)ccc4B4c5ccc(-n6c7ccc(C(C)(C)C)cc7c7cc(C(C)(C)C)ccc76)cc5N(c5ccc(-c6cc(C(C)(C)C)cc(C(C)(C)C)c6)cc5)c5cc(C(C)(C)C)cc3c54)cc2)cc(C(C)(C)C)c1. The molecule has 107 heavy (non-hydrogen) atoms. The minimum atomic E-state index is -0.246. The average molecular weight is 1410 g/mol. The van der Waals surface area contributed by atoms with E-state index in [4.69, 9.17) is 0 Å². The molecule has 0 unspecified atom stereocenters. The largest absolute Gasteiger partial charge is 0.311 e.